The van der Waals surface area contributed by atoms with Crippen molar-refractivity contribution >= 4 is 11.7 Å². The summed E-state index contributed by atoms with van der Waals surface area (Å²) in [6.07, 6.45) is 0.257. The topological polar surface area (TPSA) is 72.2 Å². The highest BCUT2D eigenvalue weighted by Crippen LogP contribution is 2.20. The molecule has 0 bridgehead atoms. The fourth-order valence-electron chi connectivity index (χ4n) is 3.39. The number of nitrogens with one attached hydrogen (secondary N) is 1. The number of nitrogens with zero attached hydrogens (tertiary/aromatic N) is 4. The van der Waals surface area contributed by atoms with E-state index < -0.39 is 0 Å². The van der Waals surface area contributed by atoms with Crippen molar-refractivity contribution < 1.29 is 4.79 Å². The number of fused-ring (bicyclic) bond motifs is 1. The summed E-state index contributed by atoms with van der Waals surface area (Å²) in [5.74, 6) is 1.14. The molecular formula is C23H23N5O. The van der Waals surface area contributed by atoms with E-state index in [1.807, 2.05) is 69.3 Å². The summed E-state index contributed by atoms with van der Waals surface area (Å²) in [4.78, 5) is 21.7. The van der Waals surface area contributed by atoms with Gasteiger partial charge in [-0.05, 0) is 32.4 Å². The first-order chi connectivity index (χ1) is 14.0. The van der Waals surface area contributed by atoms with Gasteiger partial charge in [0.25, 0.3) is 5.78 Å². The van der Waals surface area contributed by atoms with Crippen molar-refractivity contribution in [1.82, 2.24) is 24.9 Å². The van der Waals surface area contributed by atoms with Gasteiger partial charge in [0.2, 0.25) is 5.91 Å². The first-order valence-corrected chi connectivity index (χ1v) is 9.62. The molecule has 2 heterocycles. The molecule has 0 radical (unpaired) electrons. The van der Waals surface area contributed by atoms with Crippen LogP contribution in [0.4, 0.5) is 0 Å². The number of hydrogen-bond donors (Lipinski definition) is 1. The van der Waals surface area contributed by atoms with Crippen LogP contribution in [0, 0.1) is 20.8 Å². The lowest BCUT2D eigenvalue weighted by molar-refractivity contribution is -0.120. The fourth-order valence-corrected chi connectivity index (χ4v) is 3.39. The van der Waals surface area contributed by atoms with Crippen LogP contribution in [0.2, 0.25) is 0 Å². The normalized spacial score (nSPS) is 11.0. The Morgan fingerprint density at radius 3 is 2.55 bits per heavy atom. The number of benzene rings is 2. The molecule has 0 aliphatic rings. The molecule has 4 aromatic rings. The van der Waals surface area contributed by atoms with E-state index in [4.69, 9.17) is 0 Å². The lowest BCUT2D eigenvalue weighted by Crippen LogP contribution is -2.25. The third-order valence-electron chi connectivity index (χ3n) is 5.00. The fraction of sp³-hybridized carbons (Fsp3) is 0.217. The van der Waals surface area contributed by atoms with E-state index in [0.717, 1.165) is 33.6 Å². The predicted octanol–water partition coefficient (Wildman–Crippen LogP) is 3.58. The molecule has 146 valence electrons. The summed E-state index contributed by atoms with van der Waals surface area (Å²) in [7, 11) is 0. The van der Waals surface area contributed by atoms with Gasteiger partial charge in [-0.2, -0.15) is 4.98 Å². The van der Waals surface area contributed by atoms with Crippen molar-refractivity contribution in [2.45, 2.75) is 33.7 Å². The van der Waals surface area contributed by atoms with E-state index in [0.29, 0.717) is 18.1 Å². The number of hydrogen-bond acceptors (Lipinski definition) is 4. The minimum Gasteiger partial charge on any atom is -0.352 e. The van der Waals surface area contributed by atoms with Gasteiger partial charge >= 0.3 is 0 Å². The van der Waals surface area contributed by atoms with E-state index in [2.05, 4.69) is 26.4 Å². The zero-order valence-corrected chi connectivity index (χ0v) is 16.8. The van der Waals surface area contributed by atoms with Crippen LogP contribution in [-0.2, 0) is 17.8 Å². The average Bonchev–Trinajstić information content (AvgIpc) is 3.14. The molecule has 0 unspecified atom stereocenters. The van der Waals surface area contributed by atoms with E-state index in [9.17, 15) is 4.79 Å². The Kier molecular flexibility index (Phi) is 5.08. The van der Waals surface area contributed by atoms with Crippen LogP contribution in [0.3, 0.4) is 0 Å². The SMILES string of the molecule is Cc1cccc(-c2nc3nc(C)c(CC(=O)NCc4ccccc4)c(C)n3n2)c1. The number of rotatable bonds is 5. The summed E-state index contributed by atoms with van der Waals surface area (Å²) in [6.45, 7) is 6.41. The molecular weight excluding hydrogens is 362 g/mol. The van der Waals surface area contributed by atoms with Gasteiger partial charge in [0, 0.05) is 29.1 Å². The van der Waals surface area contributed by atoms with E-state index in [1.54, 1.807) is 4.52 Å². The molecule has 2 aromatic heterocycles. The predicted molar refractivity (Wildman–Crippen MR) is 112 cm³/mol. The molecule has 2 aromatic carbocycles. The van der Waals surface area contributed by atoms with Crippen molar-refractivity contribution in [3.63, 3.8) is 0 Å². The largest absolute Gasteiger partial charge is 0.352 e. The molecule has 0 saturated carbocycles. The van der Waals surface area contributed by atoms with Crippen molar-refractivity contribution in [2.75, 3.05) is 0 Å². The molecule has 0 atom stereocenters. The minimum atomic E-state index is -0.0415. The van der Waals surface area contributed by atoms with Crippen LogP contribution in [-0.4, -0.2) is 25.5 Å². The Morgan fingerprint density at radius 2 is 1.79 bits per heavy atom. The van der Waals surface area contributed by atoms with Gasteiger partial charge in [-0.25, -0.2) is 9.50 Å². The quantitative estimate of drug-likeness (QED) is 0.570. The summed E-state index contributed by atoms with van der Waals surface area (Å²) < 4.78 is 1.73. The second-order valence-corrected chi connectivity index (χ2v) is 7.22. The first-order valence-electron chi connectivity index (χ1n) is 9.62. The van der Waals surface area contributed by atoms with Gasteiger partial charge in [0.15, 0.2) is 5.82 Å². The van der Waals surface area contributed by atoms with Gasteiger partial charge in [-0.1, -0.05) is 54.1 Å². The van der Waals surface area contributed by atoms with Crippen LogP contribution in [0.25, 0.3) is 17.2 Å². The molecule has 1 N–H and O–H groups in total. The minimum absolute atomic E-state index is 0.0415. The second-order valence-electron chi connectivity index (χ2n) is 7.22. The van der Waals surface area contributed by atoms with Gasteiger partial charge in [-0.3, -0.25) is 4.79 Å². The molecule has 0 aliphatic carbocycles. The molecule has 0 saturated heterocycles. The van der Waals surface area contributed by atoms with Crippen LogP contribution < -0.4 is 5.32 Å². The van der Waals surface area contributed by atoms with Crippen molar-refractivity contribution in [3.8, 4) is 11.4 Å². The molecule has 4 rings (SSSR count). The summed E-state index contributed by atoms with van der Waals surface area (Å²) in [6, 6.07) is 17.9. The summed E-state index contributed by atoms with van der Waals surface area (Å²) >= 11 is 0. The Labute approximate surface area is 169 Å². The zero-order chi connectivity index (χ0) is 20.4. The Bertz CT molecular complexity index is 1180. The number of amides is 1. The lowest BCUT2D eigenvalue weighted by Gasteiger charge is -2.11. The number of aromatic nitrogens is 4. The summed E-state index contributed by atoms with van der Waals surface area (Å²) in [5, 5.41) is 7.61. The monoisotopic (exact) mass is 385 g/mol. The number of carbonyl (C=O) groups is 1. The Morgan fingerprint density at radius 1 is 1.00 bits per heavy atom. The highest BCUT2D eigenvalue weighted by Gasteiger charge is 2.16. The molecule has 0 aliphatic heterocycles. The zero-order valence-electron chi connectivity index (χ0n) is 16.8. The van der Waals surface area contributed by atoms with E-state index >= 15 is 0 Å². The van der Waals surface area contributed by atoms with Crippen LogP contribution in [0.5, 0.6) is 0 Å². The molecule has 0 fully saturated rings. The average molecular weight is 385 g/mol. The van der Waals surface area contributed by atoms with Gasteiger partial charge in [0.1, 0.15) is 0 Å². The molecule has 6 nitrogen and oxygen atoms in total. The van der Waals surface area contributed by atoms with Gasteiger partial charge < -0.3 is 5.32 Å². The molecule has 1 amide bonds. The van der Waals surface area contributed by atoms with Gasteiger partial charge in [-0.15, -0.1) is 5.10 Å². The number of carbonyl (C=O) groups excluding carboxylic acids is 1. The maximum atomic E-state index is 12.5. The summed E-state index contributed by atoms with van der Waals surface area (Å²) in [5.41, 5.74) is 5.74. The Hall–Kier alpha value is -3.54. The van der Waals surface area contributed by atoms with Crippen LogP contribution in [0.15, 0.2) is 54.6 Å². The second kappa shape index (κ2) is 7.83. The van der Waals surface area contributed by atoms with Crippen LogP contribution >= 0.6 is 0 Å². The van der Waals surface area contributed by atoms with E-state index in [-0.39, 0.29) is 12.3 Å². The standard InChI is InChI=1S/C23H23N5O/c1-15-8-7-11-19(12-15)22-26-23-25-16(2)20(17(3)28(23)27-22)13-21(29)24-14-18-9-5-4-6-10-18/h4-12H,13-14H2,1-3H3,(H,24,29). The lowest BCUT2D eigenvalue weighted by atomic mass is 10.1. The third kappa shape index (κ3) is 4.01. The van der Waals surface area contributed by atoms with Crippen molar-refractivity contribution in [1.29, 1.82) is 0 Å². The van der Waals surface area contributed by atoms with Crippen molar-refractivity contribution in [3.05, 3.63) is 82.7 Å². The molecule has 29 heavy (non-hydrogen) atoms. The maximum absolute atomic E-state index is 12.5. The first kappa shape index (κ1) is 18.8. The maximum Gasteiger partial charge on any atom is 0.253 e. The van der Waals surface area contributed by atoms with Crippen LogP contribution in [0.1, 0.15) is 28.1 Å². The van der Waals surface area contributed by atoms with Crippen molar-refractivity contribution in [2.24, 2.45) is 0 Å². The third-order valence-corrected chi connectivity index (χ3v) is 5.00. The Balaban J connectivity index is 1.59. The smallest absolute Gasteiger partial charge is 0.253 e. The highest BCUT2D eigenvalue weighted by atomic mass is 16.1. The number of aryl methyl sites for hydroxylation is 3. The molecule has 6 heteroatoms. The molecule has 0 spiro atoms. The van der Waals surface area contributed by atoms with E-state index in [1.165, 1.54) is 0 Å². The van der Waals surface area contributed by atoms with Gasteiger partial charge in [0.05, 0.1) is 6.42 Å². The highest BCUT2D eigenvalue weighted by molar-refractivity contribution is 5.79.